The summed E-state index contributed by atoms with van der Waals surface area (Å²) in [5, 5.41) is 3.40. The zero-order valence-electron chi connectivity index (χ0n) is 10.7. The number of nitrogens with one attached hydrogen (secondary N) is 1. The zero-order valence-corrected chi connectivity index (χ0v) is 10.7. The molecule has 94 valence electrons. The Morgan fingerprint density at radius 1 is 1.35 bits per heavy atom. The van der Waals surface area contributed by atoms with Gasteiger partial charge in [-0.15, -0.1) is 0 Å². The molecule has 3 heteroatoms. The van der Waals surface area contributed by atoms with Gasteiger partial charge in [0, 0.05) is 25.2 Å². The lowest BCUT2D eigenvalue weighted by atomic mass is 10.0. The molecule has 0 aromatic heterocycles. The van der Waals surface area contributed by atoms with E-state index in [2.05, 4.69) is 47.6 Å². The van der Waals surface area contributed by atoms with Crippen molar-refractivity contribution in [3.05, 3.63) is 35.9 Å². The van der Waals surface area contributed by atoms with E-state index in [0.29, 0.717) is 12.1 Å². The van der Waals surface area contributed by atoms with Crippen LogP contribution in [0.15, 0.2) is 30.3 Å². The van der Waals surface area contributed by atoms with Crippen molar-refractivity contribution < 1.29 is 4.74 Å². The van der Waals surface area contributed by atoms with Gasteiger partial charge in [0.05, 0.1) is 6.61 Å². The van der Waals surface area contributed by atoms with Gasteiger partial charge in [-0.3, -0.25) is 4.90 Å². The Bertz CT molecular complexity index is 328. The smallest absolute Gasteiger partial charge is 0.0637 e. The molecule has 3 nitrogen and oxygen atoms in total. The normalized spacial score (nSPS) is 25.1. The zero-order chi connectivity index (χ0) is 12.1. The van der Waals surface area contributed by atoms with Gasteiger partial charge in [0.25, 0.3) is 0 Å². The maximum atomic E-state index is 5.59. The number of hydrogen-bond acceptors (Lipinski definition) is 3. The Labute approximate surface area is 104 Å². The topological polar surface area (TPSA) is 24.5 Å². The third kappa shape index (κ3) is 3.28. The fourth-order valence-electron chi connectivity index (χ4n) is 2.48. The van der Waals surface area contributed by atoms with Crippen LogP contribution in [0.1, 0.15) is 12.0 Å². The quantitative estimate of drug-likeness (QED) is 0.854. The van der Waals surface area contributed by atoms with Gasteiger partial charge in [0.2, 0.25) is 0 Å². The molecule has 1 saturated heterocycles. The van der Waals surface area contributed by atoms with Crippen LogP contribution in [0, 0.1) is 0 Å². The molecule has 1 aromatic rings. The largest absolute Gasteiger partial charge is 0.380 e. The van der Waals surface area contributed by atoms with Gasteiger partial charge in [-0.1, -0.05) is 30.3 Å². The van der Waals surface area contributed by atoms with Crippen LogP contribution >= 0.6 is 0 Å². The van der Waals surface area contributed by atoms with Gasteiger partial charge in [0.1, 0.15) is 0 Å². The van der Waals surface area contributed by atoms with E-state index in [4.69, 9.17) is 4.74 Å². The van der Waals surface area contributed by atoms with E-state index >= 15 is 0 Å². The maximum absolute atomic E-state index is 5.59. The molecule has 0 aliphatic carbocycles. The monoisotopic (exact) mass is 234 g/mol. The van der Waals surface area contributed by atoms with E-state index in [9.17, 15) is 0 Å². The van der Waals surface area contributed by atoms with E-state index in [1.165, 1.54) is 5.56 Å². The first-order chi connectivity index (χ1) is 8.31. The summed E-state index contributed by atoms with van der Waals surface area (Å²) < 4.78 is 5.59. The standard InChI is InChI=1S/C14H22N2O/c1-15-13-8-9-17-11-14(13)16(2)10-12-6-4-3-5-7-12/h3-7,13-15H,8-11H2,1-2H3/t13?,14-/m1/s1. The van der Waals surface area contributed by atoms with Crippen molar-refractivity contribution >= 4 is 0 Å². The summed E-state index contributed by atoms with van der Waals surface area (Å²) in [4.78, 5) is 2.38. The van der Waals surface area contributed by atoms with Crippen LogP contribution < -0.4 is 5.32 Å². The molecular formula is C14H22N2O. The average molecular weight is 234 g/mol. The van der Waals surface area contributed by atoms with Gasteiger partial charge >= 0.3 is 0 Å². The Kier molecular flexibility index (Phi) is 4.54. The summed E-state index contributed by atoms with van der Waals surface area (Å²) in [6.07, 6.45) is 1.10. The second-order valence-electron chi connectivity index (χ2n) is 4.73. The second-order valence-corrected chi connectivity index (χ2v) is 4.73. The Hall–Kier alpha value is -0.900. The summed E-state index contributed by atoms with van der Waals surface area (Å²) in [6, 6.07) is 11.6. The van der Waals surface area contributed by atoms with Crippen LogP contribution in [-0.2, 0) is 11.3 Å². The number of likely N-dealkylation sites (N-methyl/N-ethyl adjacent to an activating group) is 2. The van der Waals surface area contributed by atoms with Gasteiger partial charge in [-0.2, -0.15) is 0 Å². The Morgan fingerprint density at radius 3 is 2.82 bits per heavy atom. The first-order valence-corrected chi connectivity index (χ1v) is 6.30. The fraction of sp³-hybridized carbons (Fsp3) is 0.571. The lowest BCUT2D eigenvalue weighted by Crippen LogP contribution is -2.53. The molecule has 0 saturated carbocycles. The number of ether oxygens (including phenoxy) is 1. The highest BCUT2D eigenvalue weighted by Gasteiger charge is 2.27. The maximum Gasteiger partial charge on any atom is 0.0637 e. The fourth-order valence-corrected chi connectivity index (χ4v) is 2.48. The Morgan fingerprint density at radius 2 is 2.12 bits per heavy atom. The highest BCUT2D eigenvalue weighted by atomic mass is 16.5. The van der Waals surface area contributed by atoms with Gasteiger partial charge < -0.3 is 10.1 Å². The number of benzene rings is 1. The third-order valence-electron chi connectivity index (χ3n) is 3.54. The van der Waals surface area contributed by atoms with Gasteiger partial charge in [0.15, 0.2) is 0 Å². The predicted octanol–water partition coefficient (Wildman–Crippen LogP) is 1.50. The molecule has 1 aliphatic rings. The van der Waals surface area contributed by atoms with Gasteiger partial charge in [-0.25, -0.2) is 0 Å². The molecule has 17 heavy (non-hydrogen) atoms. The van der Waals surface area contributed by atoms with Crippen LogP contribution in [-0.4, -0.2) is 44.3 Å². The predicted molar refractivity (Wildman–Crippen MR) is 70.0 cm³/mol. The van der Waals surface area contributed by atoms with E-state index < -0.39 is 0 Å². The molecule has 0 spiro atoms. The van der Waals surface area contributed by atoms with Crippen molar-refractivity contribution in [2.24, 2.45) is 0 Å². The summed E-state index contributed by atoms with van der Waals surface area (Å²) in [6.45, 7) is 2.68. The molecule has 1 aromatic carbocycles. The molecule has 0 radical (unpaired) electrons. The minimum absolute atomic E-state index is 0.467. The average Bonchev–Trinajstić information content (AvgIpc) is 2.40. The minimum Gasteiger partial charge on any atom is -0.380 e. The molecule has 1 fully saturated rings. The van der Waals surface area contributed by atoms with E-state index in [1.54, 1.807) is 0 Å². The Balaban J connectivity index is 1.96. The number of rotatable bonds is 4. The molecule has 1 N–H and O–H groups in total. The highest BCUT2D eigenvalue weighted by Crippen LogP contribution is 2.15. The van der Waals surface area contributed by atoms with Crippen LogP contribution in [0.2, 0.25) is 0 Å². The van der Waals surface area contributed by atoms with Crippen molar-refractivity contribution in [2.75, 3.05) is 27.3 Å². The molecular weight excluding hydrogens is 212 g/mol. The lowest BCUT2D eigenvalue weighted by molar-refractivity contribution is 0.00523. The van der Waals surface area contributed by atoms with E-state index in [0.717, 1.165) is 26.2 Å². The molecule has 2 rings (SSSR count). The molecule has 0 amide bonds. The second kappa shape index (κ2) is 6.15. The first-order valence-electron chi connectivity index (χ1n) is 6.30. The summed E-state index contributed by atoms with van der Waals surface area (Å²) >= 11 is 0. The van der Waals surface area contributed by atoms with Crippen molar-refractivity contribution in [3.8, 4) is 0 Å². The lowest BCUT2D eigenvalue weighted by Gasteiger charge is -2.37. The van der Waals surface area contributed by atoms with E-state index in [1.807, 2.05) is 7.05 Å². The SMILES string of the molecule is CNC1CCOC[C@H]1N(C)Cc1ccccc1. The molecule has 2 atom stereocenters. The highest BCUT2D eigenvalue weighted by molar-refractivity contribution is 5.14. The van der Waals surface area contributed by atoms with Crippen molar-refractivity contribution in [1.82, 2.24) is 10.2 Å². The number of nitrogens with zero attached hydrogens (tertiary/aromatic N) is 1. The summed E-state index contributed by atoms with van der Waals surface area (Å²) in [5.74, 6) is 0. The molecule has 1 unspecified atom stereocenters. The van der Waals surface area contributed by atoms with Crippen molar-refractivity contribution in [2.45, 2.75) is 25.0 Å². The minimum atomic E-state index is 0.467. The van der Waals surface area contributed by atoms with Crippen LogP contribution in [0.5, 0.6) is 0 Å². The van der Waals surface area contributed by atoms with Crippen molar-refractivity contribution in [3.63, 3.8) is 0 Å². The molecule has 1 heterocycles. The summed E-state index contributed by atoms with van der Waals surface area (Å²) in [5.41, 5.74) is 1.36. The molecule has 0 bridgehead atoms. The van der Waals surface area contributed by atoms with Crippen LogP contribution in [0.25, 0.3) is 0 Å². The number of hydrogen-bond donors (Lipinski definition) is 1. The molecule has 1 aliphatic heterocycles. The van der Waals surface area contributed by atoms with Crippen LogP contribution in [0.3, 0.4) is 0 Å². The summed E-state index contributed by atoms with van der Waals surface area (Å²) in [7, 11) is 4.22. The first kappa shape index (κ1) is 12.6. The third-order valence-corrected chi connectivity index (χ3v) is 3.54. The van der Waals surface area contributed by atoms with Gasteiger partial charge in [-0.05, 0) is 26.1 Å². The van der Waals surface area contributed by atoms with Crippen molar-refractivity contribution in [1.29, 1.82) is 0 Å². The van der Waals surface area contributed by atoms with E-state index in [-0.39, 0.29) is 0 Å². The van der Waals surface area contributed by atoms with Crippen LogP contribution in [0.4, 0.5) is 0 Å².